The number of para-hydroxylation sites is 1. The van der Waals surface area contributed by atoms with Crippen LogP contribution in [0.5, 0.6) is 28.7 Å². The largest absolute Gasteiger partial charge is 0.496 e. The molecule has 0 fully saturated rings. The number of fused-ring (bicyclic) bond motifs is 9. The number of anilines is 7. The predicted molar refractivity (Wildman–Crippen MR) is 502 cm³/mol. The molecule has 0 unspecified atom stereocenters. The number of nitrogens with one attached hydrogen (secondary N) is 4. The number of nitrogen functional groups attached to an aromatic ring is 3. The zero-order chi connectivity index (χ0) is 105. The number of rotatable bonds is 17. The van der Waals surface area contributed by atoms with Crippen LogP contribution in [0.15, 0.2) is 244 Å². The van der Waals surface area contributed by atoms with Crippen molar-refractivity contribution in [1.82, 2.24) is 24.9 Å². The molecule has 0 aliphatic carbocycles. The second-order valence-electron chi connectivity index (χ2n) is 28.6. The van der Waals surface area contributed by atoms with E-state index in [1.54, 1.807) is 74.0 Å². The van der Waals surface area contributed by atoms with Crippen molar-refractivity contribution in [2.24, 2.45) is 0 Å². The summed E-state index contributed by atoms with van der Waals surface area (Å²) >= 11 is 18.1. The Labute approximate surface area is 837 Å². The maximum absolute atomic E-state index is 13.1. The van der Waals surface area contributed by atoms with Crippen LogP contribution >= 0.6 is 45.5 Å². The summed E-state index contributed by atoms with van der Waals surface area (Å²) in [5.41, 5.74) is 10.1. The van der Waals surface area contributed by atoms with Gasteiger partial charge in [0.15, 0.2) is 9.79 Å². The normalized spacial score (nSPS) is 12.4. The van der Waals surface area contributed by atoms with Gasteiger partial charge in [-0.05, 0) is 164 Å². The molecule has 16 rings (SSSR count). The van der Waals surface area contributed by atoms with Crippen molar-refractivity contribution in [1.29, 1.82) is 0 Å². The number of aromatic nitrogens is 5. The van der Waals surface area contributed by atoms with Crippen molar-refractivity contribution in [3.05, 3.63) is 290 Å². The van der Waals surface area contributed by atoms with Crippen LogP contribution in [0.3, 0.4) is 0 Å². The number of nitrogens with zero attached hydrogens (tertiary/aromatic N) is 7. The summed E-state index contributed by atoms with van der Waals surface area (Å²) in [6.45, 7) is 0. The van der Waals surface area contributed by atoms with Crippen molar-refractivity contribution in [3.63, 3.8) is 0 Å². The molecule has 0 saturated carbocycles. The van der Waals surface area contributed by atoms with Crippen molar-refractivity contribution in [2.45, 2.75) is 55.4 Å². The van der Waals surface area contributed by atoms with Gasteiger partial charge in [-0.3, -0.25) is 64.0 Å². The second kappa shape index (κ2) is 44.2. The van der Waals surface area contributed by atoms with E-state index in [-0.39, 0.29) is 94.3 Å². The van der Waals surface area contributed by atoms with Crippen LogP contribution in [-0.4, -0.2) is 112 Å². The van der Waals surface area contributed by atoms with Crippen LogP contribution in [0.25, 0.3) is 65.6 Å². The molecule has 33 nitrogen and oxygen atoms in total. The Kier molecular flexibility index (Phi) is 34.9. The number of methoxy groups -OCH3 is 5. The van der Waals surface area contributed by atoms with Gasteiger partial charge in [0, 0.05) is 112 Å². The Morgan fingerprint density at radius 1 is 0.375 bits per heavy atom. The first-order chi connectivity index (χ1) is 66.1. The number of nitro groups is 2. The second-order valence-corrected chi connectivity index (χ2v) is 38.9. The molecule has 0 spiro atoms. The van der Waals surface area contributed by atoms with Crippen molar-refractivity contribution < 1.29 is 162 Å². The number of nitrogens with two attached hydrogens (primary N) is 3. The van der Waals surface area contributed by atoms with E-state index in [2.05, 4.69) is 43.8 Å². The summed E-state index contributed by atoms with van der Waals surface area (Å²) in [5.74, 6) is 2.52. The summed E-state index contributed by atoms with van der Waals surface area (Å²) in [7, 11) is -9.57. The Balaban J connectivity index is 0.000000195. The van der Waals surface area contributed by atoms with E-state index in [1.807, 2.05) is 6.07 Å². The molecule has 0 radical (unpaired) electrons. The van der Waals surface area contributed by atoms with E-state index in [1.165, 1.54) is 83.6 Å². The summed E-state index contributed by atoms with van der Waals surface area (Å²) in [5, 5.41) is 25.1. The first kappa shape index (κ1) is 114. The van der Waals surface area contributed by atoms with Gasteiger partial charge in [0.1, 0.15) is 38.5 Å². The minimum atomic E-state index is -4.89. The molecule has 144 heavy (non-hydrogen) atoms. The van der Waals surface area contributed by atoms with E-state index in [0.29, 0.717) is 126 Å². The molecule has 1 aliphatic rings. The third kappa shape index (κ3) is 25.5. The van der Waals surface area contributed by atoms with Gasteiger partial charge in [-0.25, -0.2) is 42.1 Å². The number of halogens is 19. The van der Waals surface area contributed by atoms with Crippen LogP contribution < -0.4 is 59.8 Å². The summed E-state index contributed by atoms with van der Waals surface area (Å²) in [6.07, 6.45) is -16.3. The number of ether oxygens (including phenoxy) is 5. The first-order valence-corrected chi connectivity index (χ1v) is 47.9. The number of sulfonamides is 4. The number of pyridine rings is 5. The van der Waals surface area contributed by atoms with Crippen LogP contribution in [0, 0.1) is 27.7 Å². The van der Waals surface area contributed by atoms with Crippen molar-refractivity contribution >= 4 is 200 Å². The van der Waals surface area contributed by atoms with Gasteiger partial charge in [-0.2, -0.15) is 65.9 Å². The molecule has 766 valence electrons. The number of nitro benzene ring substituents is 2. The summed E-state index contributed by atoms with van der Waals surface area (Å²) < 4.78 is 350. The molecule has 58 heteroatoms. The maximum atomic E-state index is 13.1. The van der Waals surface area contributed by atoms with E-state index < -0.39 is 160 Å². The number of hydrogen-bond donors (Lipinski definition) is 7. The number of hydrogen-bond acceptors (Lipinski definition) is 27. The quantitative estimate of drug-likeness (QED) is 0.00846. The molecule has 0 saturated heterocycles. The Bertz CT molecular complexity index is 8150. The van der Waals surface area contributed by atoms with Gasteiger partial charge in [0.05, 0.1) is 161 Å². The Morgan fingerprint density at radius 2 is 0.688 bits per heavy atom. The van der Waals surface area contributed by atoms with Gasteiger partial charge < -0.3 is 48.3 Å². The van der Waals surface area contributed by atoms with Crippen molar-refractivity contribution in [2.75, 3.05) is 71.6 Å². The molecule has 1 aliphatic heterocycles. The Hall–Kier alpha value is -13.8. The SMILES string of the molecule is COc1ccnc2c(N)c(Cl)ccc12.COc1ccnc2c(NS(=O)(=O)c3ccc(C(F)(F)F)cc3N)c(Cl)ccc12.COc1ccnc2c(NS(=O)(=O)c3ccc(C(F)(F)F)cc3N)cccc12.COc1ccnc2c(NS(=O)(=O)c3ccc(C(F)(F)F)cc3[N+](=O)[O-])c(Cl)ccc12.COc1ccnc2c3c(ccc12)-c1cc(C(F)(F)F)ccc1S(=O)(=O)N3.O=[N+]([O-])c1cc(C(F)(F)F)ccc1S(=O)(=O)Cl.[CH3-].[Pd]. The number of alkyl halides is 15. The molecule has 15 aromatic rings. The van der Waals surface area contributed by atoms with E-state index in [0.717, 1.165) is 41.5 Å². The third-order valence-electron chi connectivity index (χ3n) is 19.8. The average Bonchev–Trinajstić information content (AvgIpc) is 0.724. The van der Waals surface area contributed by atoms with Crippen LogP contribution in [0.1, 0.15) is 27.8 Å². The monoisotopic (exact) mass is 2290 g/mol. The summed E-state index contributed by atoms with van der Waals surface area (Å²) in [4.78, 5) is 36.8. The molecule has 0 bridgehead atoms. The van der Waals surface area contributed by atoms with E-state index in [4.69, 9.17) is 86.4 Å². The van der Waals surface area contributed by atoms with Gasteiger partial charge in [-0.1, -0.05) is 46.9 Å². The van der Waals surface area contributed by atoms with Gasteiger partial charge in [0.25, 0.3) is 60.5 Å². The van der Waals surface area contributed by atoms with E-state index >= 15 is 0 Å². The zero-order valence-electron chi connectivity index (χ0n) is 72.9. The van der Waals surface area contributed by atoms with Gasteiger partial charge >= 0.3 is 30.9 Å². The number of benzene rings is 10. The molecule has 6 heterocycles. The fourth-order valence-electron chi connectivity index (χ4n) is 13.3. The Morgan fingerprint density at radius 3 is 1.08 bits per heavy atom. The molecule has 5 aromatic heterocycles. The van der Waals surface area contributed by atoms with Gasteiger partial charge in [-0.15, -0.1) is 0 Å². The van der Waals surface area contributed by atoms with Crippen LogP contribution in [0.2, 0.25) is 15.1 Å². The first-order valence-electron chi connectivity index (χ1n) is 38.5. The summed E-state index contributed by atoms with van der Waals surface area (Å²) in [6, 6.07) is 34.3. The minimum absolute atomic E-state index is 0. The fraction of sp³-hybridized carbons (Fsp3) is 0.116. The smallest absolute Gasteiger partial charge is 0.416 e. The molecule has 0 amide bonds. The minimum Gasteiger partial charge on any atom is -0.496 e. The topological polar surface area (TPSA) is 494 Å². The molecule has 10 N–H and O–H groups in total. The zero-order valence-corrected chi connectivity index (χ0v) is 81.6. The average molecular weight is 2290 g/mol. The van der Waals surface area contributed by atoms with E-state index in [9.17, 15) is 128 Å². The third-order valence-corrected chi connectivity index (χ3v) is 27.8. The van der Waals surface area contributed by atoms with Crippen LogP contribution in [0.4, 0.5) is 117 Å². The standard InChI is InChI=1S/C17H11ClF3N3O5S.C17H13ClF3N3O3S.C17H14F3N3O3S.C17H11F3N2O3S.C10H9ClN2O.C7H3ClF3NO4S.CH3.Pd/c1-29-13-6-7-22-15-10(13)3-4-11(18)16(15)23-30(27,28)14-5-2-9(17(19,20)21)8-12(14)24(25)26;1-27-13-6-7-23-15-10(13)3-4-11(18)16(15)24-28(25,26)14-5-2-9(8-12(14)22)17(19,20)21;1-26-14-7-8-22-16-11(14)3-2-4-13(16)23-27(24,25)15-6-5-10(9-12(15)21)17(18,19)20;1-25-13-6-7-21-15-11(13)4-3-10-12-8-9(17(18,19)20)2-5-14(12)26(23,24)22-16(10)15;1-14-8-4-5-13-10-6(8)2-3-7(11)9(10)12;8-17(15,16)6-2-1-4(7(9,10)11)3-5(6)12(13)14;;/h2-8,23H,1H3;2-8,24H,22H2,1H3;2-9,23H,21H2,1H3;2-8,22H,1H3;2-5H,12H2,1H3;1-3H;1H3;/q;;;;;;-1;. The van der Waals surface area contributed by atoms with Gasteiger partial charge in [0.2, 0.25) is 0 Å². The molecular formula is C86H64Cl4F15N14O19PdS5-. The molecular weight excluding hydrogens is 2230 g/mol. The maximum Gasteiger partial charge on any atom is 0.416 e. The molecule has 0 atom stereocenters. The van der Waals surface area contributed by atoms with Crippen LogP contribution in [-0.2, 0) is 100 Å². The predicted octanol–water partition coefficient (Wildman–Crippen LogP) is 22.1. The van der Waals surface area contributed by atoms with Crippen molar-refractivity contribution in [3.8, 4) is 39.9 Å². The fourth-order valence-corrected chi connectivity index (χ4v) is 19.9. The molecule has 10 aromatic carbocycles.